The fourth-order valence-electron chi connectivity index (χ4n) is 1.67. The van der Waals surface area contributed by atoms with Gasteiger partial charge in [-0.3, -0.25) is 10.2 Å². The Morgan fingerprint density at radius 1 is 1.18 bits per heavy atom. The van der Waals surface area contributed by atoms with Crippen LogP contribution in [0.2, 0.25) is 0 Å². The Hall–Kier alpha value is -1.35. The second-order valence-corrected chi connectivity index (χ2v) is 4.62. The van der Waals surface area contributed by atoms with Crippen LogP contribution in [0.5, 0.6) is 0 Å². The minimum Gasteiger partial charge on any atom is -0.289 e. The lowest BCUT2D eigenvalue weighted by molar-refractivity contribution is -0.124. The highest BCUT2D eigenvalue weighted by Gasteiger charge is 2.01. The number of hydrogen-bond acceptors (Lipinski definition) is 2. The molecule has 0 heterocycles. The predicted octanol–water partition coefficient (Wildman–Crippen LogP) is 2.30. The fraction of sp³-hybridized carbons (Fsp3) is 0.500. The molecule has 0 atom stereocenters. The second-order valence-electron chi connectivity index (χ2n) is 4.62. The number of nitrogens with zero attached hydrogens (tertiary/aromatic N) is 1. The van der Waals surface area contributed by atoms with Gasteiger partial charge in [0.1, 0.15) is 0 Å². The molecule has 1 amide bonds. The van der Waals surface area contributed by atoms with E-state index in [4.69, 9.17) is 0 Å². The number of aryl methyl sites for hydroxylation is 2. The molecule has 0 aliphatic heterocycles. The number of amides is 1. The summed E-state index contributed by atoms with van der Waals surface area (Å²) in [7, 11) is 3.65. The molecular weight excluding hydrogens is 212 g/mol. The van der Waals surface area contributed by atoms with Crippen molar-refractivity contribution in [1.82, 2.24) is 10.4 Å². The van der Waals surface area contributed by atoms with Gasteiger partial charge >= 0.3 is 0 Å². The zero-order valence-electron chi connectivity index (χ0n) is 11.0. The van der Waals surface area contributed by atoms with Crippen LogP contribution in [0.1, 0.15) is 30.4 Å². The Bertz CT molecular complexity index is 344. The van der Waals surface area contributed by atoms with E-state index in [2.05, 4.69) is 36.6 Å². The van der Waals surface area contributed by atoms with Crippen molar-refractivity contribution in [2.75, 3.05) is 14.1 Å². The van der Waals surface area contributed by atoms with Crippen molar-refractivity contribution in [2.45, 2.75) is 32.6 Å². The van der Waals surface area contributed by atoms with Crippen LogP contribution in [-0.2, 0) is 11.2 Å². The number of benzene rings is 1. The van der Waals surface area contributed by atoms with Crippen LogP contribution < -0.4 is 5.43 Å². The van der Waals surface area contributed by atoms with Gasteiger partial charge in [0.15, 0.2) is 0 Å². The third-order valence-corrected chi connectivity index (χ3v) is 2.59. The molecule has 0 aromatic heterocycles. The van der Waals surface area contributed by atoms with Crippen LogP contribution in [0, 0.1) is 6.92 Å². The summed E-state index contributed by atoms with van der Waals surface area (Å²) in [6, 6.07) is 8.59. The zero-order valence-corrected chi connectivity index (χ0v) is 11.0. The topological polar surface area (TPSA) is 32.3 Å². The molecule has 0 saturated carbocycles. The highest BCUT2D eigenvalue weighted by molar-refractivity contribution is 5.75. The van der Waals surface area contributed by atoms with Gasteiger partial charge in [0.05, 0.1) is 0 Å². The molecular formula is C14H22N2O. The van der Waals surface area contributed by atoms with Crippen molar-refractivity contribution in [1.29, 1.82) is 0 Å². The summed E-state index contributed by atoms with van der Waals surface area (Å²) in [5, 5.41) is 1.68. The first-order chi connectivity index (χ1) is 8.08. The van der Waals surface area contributed by atoms with Crippen LogP contribution in [0.4, 0.5) is 0 Å². The average molecular weight is 234 g/mol. The smallest absolute Gasteiger partial charge is 0.234 e. The van der Waals surface area contributed by atoms with E-state index in [9.17, 15) is 4.79 Å². The van der Waals surface area contributed by atoms with Gasteiger partial charge < -0.3 is 0 Å². The minimum absolute atomic E-state index is 0.0962. The Balaban J connectivity index is 2.16. The number of hydrogen-bond donors (Lipinski definition) is 1. The zero-order chi connectivity index (χ0) is 12.7. The SMILES string of the molecule is Cc1ccc(CCCCC(=O)NN(C)C)cc1. The van der Waals surface area contributed by atoms with Crippen LogP contribution in [0.25, 0.3) is 0 Å². The molecule has 1 aromatic rings. The number of rotatable bonds is 6. The molecule has 94 valence electrons. The van der Waals surface area contributed by atoms with Crippen molar-refractivity contribution < 1.29 is 4.79 Å². The molecule has 0 fully saturated rings. The maximum atomic E-state index is 11.4. The van der Waals surface area contributed by atoms with E-state index in [1.807, 2.05) is 14.1 Å². The lowest BCUT2D eigenvalue weighted by atomic mass is 10.1. The number of carbonyl (C=O) groups excluding carboxylic acids is 1. The molecule has 0 saturated heterocycles. The van der Waals surface area contributed by atoms with E-state index < -0.39 is 0 Å². The van der Waals surface area contributed by atoms with Crippen molar-refractivity contribution in [3.8, 4) is 0 Å². The summed E-state index contributed by atoms with van der Waals surface area (Å²) < 4.78 is 0. The number of nitrogens with one attached hydrogen (secondary N) is 1. The van der Waals surface area contributed by atoms with E-state index in [0.717, 1.165) is 19.3 Å². The first kappa shape index (κ1) is 13.7. The van der Waals surface area contributed by atoms with Gasteiger partial charge in [0.25, 0.3) is 0 Å². The Kier molecular flexibility index (Phi) is 5.70. The Morgan fingerprint density at radius 3 is 2.41 bits per heavy atom. The molecule has 0 spiro atoms. The van der Waals surface area contributed by atoms with Crippen LogP contribution in [-0.4, -0.2) is 25.0 Å². The van der Waals surface area contributed by atoms with Gasteiger partial charge in [-0.2, -0.15) is 0 Å². The largest absolute Gasteiger partial charge is 0.289 e. The van der Waals surface area contributed by atoms with Crippen molar-refractivity contribution in [2.24, 2.45) is 0 Å². The Morgan fingerprint density at radius 2 is 1.82 bits per heavy atom. The molecule has 0 unspecified atom stereocenters. The van der Waals surface area contributed by atoms with Gasteiger partial charge in [-0.25, -0.2) is 5.01 Å². The van der Waals surface area contributed by atoms with E-state index in [0.29, 0.717) is 6.42 Å². The number of unbranched alkanes of at least 4 members (excludes halogenated alkanes) is 1. The standard InChI is InChI=1S/C14H22N2O/c1-12-8-10-13(11-9-12)6-4-5-7-14(17)15-16(2)3/h8-11H,4-7H2,1-3H3,(H,15,17). The molecule has 0 aliphatic carbocycles. The van der Waals surface area contributed by atoms with Crippen LogP contribution in [0.3, 0.4) is 0 Å². The molecule has 3 heteroatoms. The van der Waals surface area contributed by atoms with Gasteiger partial charge in [0, 0.05) is 20.5 Å². The predicted molar refractivity (Wildman–Crippen MR) is 70.6 cm³/mol. The molecule has 1 aromatic carbocycles. The number of hydrazine groups is 1. The second kappa shape index (κ2) is 7.07. The lowest BCUT2D eigenvalue weighted by Gasteiger charge is -2.11. The maximum absolute atomic E-state index is 11.4. The van der Waals surface area contributed by atoms with Gasteiger partial charge in [-0.1, -0.05) is 29.8 Å². The van der Waals surface area contributed by atoms with E-state index in [-0.39, 0.29) is 5.91 Å². The highest BCUT2D eigenvalue weighted by Crippen LogP contribution is 2.08. The van der Waals surface area contributed by atoms with Gasteiger partial charge in [0.2, 0.25) is 5.91 Å². The summed E-state index contributed by atoms with van der Waals surface area (Å²) in [5.74, 6) is 0.0962. The minimum atomic E-state index is 0.0962. The van der Waals surface area contributed by atoms with Crippen LogP contribution >= 0.6 is 0 Å². The number of carbonyl (C=O) groups is 1. The van der Waals surface area contributed by atoms with E-state index in [1.165, 1.54) is 11.1 Å². The van der Waals surface area contributed by atoms with Gasteiger partial charge in [-0.05, 0) is 31.7 Å². The summed E-state index contributed by atoms with van der Waals surface area (Å²) in [6.07, 6.45) is 3.65. The normalized spacial score (nSPS) is 10.6. The molecule has 1 N–H and O–H groups in total. The molecule has 0 aliphatic rings. The van der Waals surface area contributed by atoms with Crippen molar-refractivity contribution >= 4 is 5.91 Å². The van der Waals surface area contributed by atoms with Crippen molar-refractivity contribution in [3.63, 3.8) is 0 Å². The third kappa shape index (κ3) is 6.07. The van der Waals surface area contributed by atoms with Crippen LogP contribution in [0.15, 0.2) is 24.3 Å². The summed E-state index contributed by atoms with van der Waals surface area (Å²) in [4.78, 5) is 11.4. The average Bonchev–Trinajstić information content (AvgIpc) is 2.26. The lowest BCUT2D eigenvalue weighted by Crippen LogP contribution is -2.35. The van der Waals surface area contributed by atoms with Gasteiger partial charge in [-0.15, -0.1) is 0 Å². The summed E-state index contributed by atoms with van der Waals surface area (Å²) >= 11 is 0. The first-order valence-electron chi connectivity index (χ1n) is 6.10. The highest BCUT2D eigenvalue weighted by atomic mass is 16.2. The third-order valence-electron chi connectivity index (χ3n) is 2.59. The monoisotopic (exact) mass is 234 g/mol. The summed E-state index contributed by atoms with van der Waals surface area (Å²) in [5.41, 5.74) is 5.38. The maximum Gasteiger partial charge on any atom is 0.234 e. The molecule has 0 bridgehead atoms. The molecule has 3 nitrogen and oxygen atoms in total. The molecule has 17 heavy (non-hydrogen) atoms. The molecule has 0 radical (unpaired) electrons. The fourth-order valence-corrected chi connectivity index (χ4v) is 1.67. The summed E-state index contributed by atoms with van der Waals surface area (Å²) in [6.45, 7) is 2.09. The van der Waals surface area contributed by atoms with E-state index in [1.54, 1.807) is 5.01 Å². The first-order valence-corrected chi connectivity index (χ1v) is 6.10. The van der Waals surface area contributed by atoms with E-state index >= 15 is 0 Å². The quantitative estimate of drug-likeness (QED) is 0.605. The Labute approximate surface area is 104 Å². The van der Waals surface area contributed by atoms with Crippen molar-refractivity contribution in [3.05, 3.63) is 35.4 Å². The molecule has 1 rings (SSSR count).